The molecule has 1 fully saturated rings. The first-order valence-electron chi connectivity index (χ1n) is 13.6. The third-order valence-electron chi connectivity index (χ3n) is 7.71. The van der Waals surface area contributed by atoms with E-state index in [1.54, 1.807) is 24.3 Å². The Labute approximate surface area is 272 Å². The largest absolute Gasteiger partial charge is 0.418 e. The highest BCUT2D eigenvalue weighted by Crippen LogP contribution is 2.54. The van der Waals surface area contributed by atoms with E-state index < -0.39 is 63.7 Å². The Bertz CT molecular complexity index is 1870. The highest BCUT2D eigenvalue weighted by Gasteiger charge is 2.56. The van der Waals surface area contributed by atoms with Crippen LogP contribution in [0.5, 0.6) is 0 Å². The van der Waals surface area contributed by atoms with Gasteiger partial charge in [-0.2, -0.15) is 13.2 Å². The van der Waals surface area contributed by atoms with Gasteiger partial charge in [-0.05, 0) is 54.1 Å². The fourth-order valence-corrected chi connectivity index (χ4v) is 8.65. The van der Waals surface area contributed by atoms with Crippen molar-refractivity contribution in [1.82, 2.24) is 4.57 Å². The fourth-order valence-electron chi connectivity index (χ4n) is 5.61. The molecule has 0 aliphatic carbocycles. The average molecular weight is 718 g/mol. The SMILES string of the molecule is CN(C)c1ccc([C@H]2c3sc(=O)n(CC(=O)Nc4ccccc4C(F)(F)F)c3SC3C(=O)N(c4ccc(Br)cc4)C(=O)C32)cc1. The van der Waals surface area contributed by atoms with Crippen LogP contribution in [-0.4, -0.2) is 41.6 Å². The Hall–Kier alpha value is -3.88. The Morgan fingerprint density at radius 2 is 1.62 bits per heavy atom. The predicted octanol–water partition coefficient (Wildman–Crippen LogP) is 6.19. The summed E-state index contributed by atoms with van der Waals surface area (Å²) in [6.07, 6.45) is -4.70. The number of rotatable bonds is 6. The number of nitrogens with zero attached hydrogens (tertiary/aromatic N) is 3. The van der Waals surface area contributed by atoms with Crippen LogP contribution in [0.15, 0.2) is 87.1 Å². The maximum absolute atomic E-state index is 14.0. The zero-order chi connectivity index (χ0) is 32.2. The summed E-state index contributed by atoms with van der Waals surface area (Å²) in [5.41, 5.74) is 0.592. The van der Waals surface area contributed by atoms with Gasteiger partial charge in [-0.1, -0.05) is 63.3 Å². The zero-order valence-corrected chi connectivity index (χ0v) is 26.9. The number of para-hydroxylation sites is 1. The van der Waals surface area contributed by atoms with Crippen molar-refractivity contribution in [2.45, 2.75) is 28.9 Å². The molecule has 0 bridgehead atoms. The Balaban J connectivity index is 1.40. The van der Waals surface area contributed by atoms with Crippen LogP contribution in [0.3, 0.4) is 0 Å². The zero-order valence-electron chi connectivity index (χ0n) is 23.7. The van der Waals surface area contributed by atoms with E-state index in [9.17, 15) is 32.3 Å². The Morgan fingerprint density at radius 1 is 0.956 bits per heavy atom. The molecule has 8 nitrogen and oxygen atoms in total. The number of alkyl halides is 3. The standard InChI is InChI=1S/C31H24BrF3N4O4S2/c1-37(2)18-11-7-16(8-12-18)23-24-25(28(42)39(27(24)41)19-13-9-17(32)10-14-19)44-29-26(23)45-30(43)38(29)15-22(40)36-21-6-4-3-5-20(21)31(33,34)35/h3-14,23-25H,15H2,1-2H3,(H,36,40)/t23-,24?,25?/m1/s1. The Kier molecular flexibility index (Phi) is 8.16. The molecule has 0 saturated carbocycles. The quantitative estimate of drug-likeness (QED) is 0.240. The van der Waals surface area contributed by atoms with Crippen molar-refractivity contribution in [3.63, 3.8) is 0 Å². The number of aromatic nitrogens is 1. The van der Waals surface area contributed by atoms with Crippen molar-refractivity contribution in [3.05, 3.63) is 103 Å². The van der Waals surface area contributed by atoms with Gasteiger partial charge in [0.05, 0.1) is 27.9 Å². The van der Waals surface area contributed by atoms with Crippen molar-refractivity contribution >= 4 is 73.8 Å². The first-order chi connectivity index (χ1) is 21.3. The number of amides is 3. The maximum Gasteiger partial charge on any atom is 0.418 e. The van der Waals surface area contributed by atoms with Crippen LogP contribution in [-0.2, 0) is 27.1 Å². The van der Waals surface area contributed by atoms with Crippen LogP contribution in [0.1, 0.15) is 21.9 Å². The number of hydrogen-bond donors (Lipinski definition) is 1. The van der Waals surface area contributed by atoms with Crippen molar-refractivity contribution in [1.29, 1.82) is 0 Å². The number of anilines is 3. The lowest BCUT2D eigenvalue weighted by Gasteiger charge is -2.31. The van der Waals surface area contributed by atoms with Crippen molar-refractivity contribution in [3.8, 4) is 0 Å². The van der Waals surface area contributed by atoms with E-state index in [1.165, 1.54) is 16.7 Å². The van der Waals surface area contributed by atoms with Gasteiger partial charge >= 0.3 is 11.0 Å². The van der Waals surface area contributed by atoms with Gasteiger partial charge in [-0.15, -0.1) is 0 Å². The highest BCUT2D eigenvalue weighted by molar-refractivity contribution is 9.10. The molecule has 4 aromatic rings. The van der Waals surface area contributed by atoms with Crippen LogP contribution in [0.2, 0.25) is 0 Å². The summed E-state index contributed by atoms with van der Waals surface area (Å²) in [4.78, 5) is 57.4. The number of halogens is 4. The summed E-state index contributed by atoms with van der Waals surface area (Å²) in [5.74, 6) is -3.20. The molecule has 3 aromatic carbocycles. The number of fused-ring (bicyclic) bond motifs is 2. The van der Waals surface area contributed by atoms with Gasteiger partial charge in [0, 0.05) is 35.1 Å². The number of nitrogens with one attached hydrogen (secondary N) is 1. The van der Waals surface area contributed by atoms with E-state index in [0.717, 1.165) is 50.3 Å². The van der Waals surface area contributed by atoms with E-state index in [4.69, 9.17) is 0 Å². The summed E-state index contributed by atoms with van der Waals surface area (Å²) in [7, 11) is 3.78. The van der Waals surface area contributed by atoms with Crippen LogP contribution < -0.4 is 20.0 Å². The van der Waals surface area contributed by atoms with E-state index >= 15 is 0 Å². The minimum atomic E-state index is -4.70. The smallest absolute Gasteiger partial charge is 0.378 e. The average Bonchev–Trinajstić information content (AvgIpc) is 3.43. The van der Waals surface area contributed by atoms with Gasteiger partial charge in [-0.25, -0.2) is 4.90 Å². The number of benzene rings is 3. The van der Waals surface area contributed by atoms with Crippen molar-refractivity contribution < 1.29 is 27.6 Å². The molecule has 6 rings (SSSR count). The fraction of sp³-hybridized carbons (Fsp3) is 0.226. The third-order valence-corrected chi connectivity index (χ3v) is 10.8. The monoisotopic (exact) mass is 716 g/mol. The number of thioether (sulfide) groups is 1. The van der Waals surface area contributed by atoms with E-state index in [0.29, 0.717) is 21.2 Å². The number of carbonyl (C=O) groups is 3. The number of imide groups is 1. The van der Waals surface area contributed by atoms with Crippen molar-refractivity contribution in [2.75, 3.05) is 29.2 Å². The summed E-state index contributed by atoms with van der Waals surface area (Å²) < 4.78 is 42.5. The minimum Gasteiger partial charge on any atom is -0.378 e. The molecule has 2 aliphatic heterocycles. The van der Waals surface area contributed by atoms with Gasteiger partial charge in [0.25, 0.3) is 0 Å². The molecule has 45 heavy (non-hydrogen) atoms. The molecule has 3 atom stereocenters. The first-order valence-corrected chi connectivity index (χ1v) is 16.1. The molecule has 3 amide bonds. The van der Waals surface area contributed by atoms with Crippen LogP contribution in [0.4, 0.5) is 30.2 Å². The molecule has 3 heterocycles. The second-order valence-corrected chi connectivity index (χ2v) is 13.8. The van der Waals surface area contributed by atoms with E-state index in [1.807, 2.05) is 43.3 Å². The first kappa shape index (κ1) is 31.1. The second-order valence-electron chi connectivity index (χ2n) is 10.7. The lowest BCUT2D eigenvalue weighted by Crippen LogP contribution is -2.33. The second kappa shape index (κ2) is 11.8. The molecule has 1 saturated heterocycles. The van der Waals surface area contributed by atoms with Crippen LogP contribution >= 0.6 is 39.0 Å². The number of hydrogen-bond acceptors (Lipinski definition) is 7. The number of thiazole rings is 1. The van der Waals surface area contributed by atoms with Gasteiger partial charge < -0.3 is 10.2 Å². The third kappa shape index (κ3) is 5.70. The topological polar surface area (TPSA) is 91.7 Å². The van der Waals surface area contributed by atoms with Gasteiger partial charge in [0.15, 0.2) is 0 Å². The van der Waals surface area contributed by atoms with Gasteiger partial charge in [0.2, 0.25) is 17.7 Å². The molecular weight excluding hydrogens is 693 g/mol. The maximum atomic E-state index is 14.0. The molecule has 1 N–H and O–H groups in total. The molecular formula is C31H24BrF3N4O4S2. The van der Waals surface area contributed by atoms with Gasteiger partial charge in [0.1, 0.15) is 11.8 Å². The Morgan fingerprint density at radius 3 is 2.27 bits per heavy atom. The van der Waals surface area contributed by atoms with E-state index in [2.05, 4.69) is 21.2 Å². The summed E-state index contributed by atoms with van der Waals surface area (Å²) in [6.45, 7) is -0.577. The molecule has 14 heteroatoms. The van der Waals surface area contributed by atoms with E-state index in [-0.39, 0.29) is 0 Å². The predicted molar refractivity (Wildman–Crippen MR) is 171 cm³/mol. The minimum absolute atomic E-state index is 0.339. The molecule has 2 unspecified atom stereocenters. The van der Waals surface area contributed by atoms with Crippen molar-refractivity contribution in [2.24, 2.45) is 5.92 Å². The summed E-state index contributed by atoms with van der Waals surface area (Å²) >= 11 is 5.27. The molecule has 1 aromatic heterocycles. The lowest BCUT2D eigenvalue weighted by atomic mass is 9.83. The summed E-state index contributed by atoms with van der Waals surface area (Å²) in [6, 6.07) is 18.8. The summed E-state index contributed by atoms with van der Waals surface area (Å²) in [5, 5.41) is 1.72. The highest BCUT2D eigenvalue weighted by atomic mass is 79.9. The molecule has 232 valence electrons. The molecule has 2 aliphatic rings. The molecule has 0 radical (unpaired) electrons. The van der Waals surface area contributed by atoms with Crippen LogP contribution in [0, 0.1) is 5.92 Å². The lowest BCUT2D eigenvalue weighted by molar-refractivity contribution is -0.137. The van der Waals surface area contributed by atoms with Crippen LogP contribution in [0.25, 0.3) is 0 Å². The van der Waals surface area contributed by atoms with Gasteiger partial charge in [-0.3, -0.25) is 23.7 Å². The number of carbonyl (C=O) groups excluding carboxylic acids is 3. The molecule has 0 spiro atoms. The normalized spacial score (nSPS) is 19.3.